The average molecular weight is 290 g/mol. The van der Waals surface area contributed by atoms with E-state index in [2.05, 4.69) is 5.32 Å². The lowest BCUT2D eigenvalue weighted by Gasteiger charge is -2.07. The third-order valence-corrected chi connectivity index (χ3v) is 3.25. The number of benzene rings is 1. The fourth-order valence-electron chi connectivity index (χ4n) is 1.66. The zero-order chi connectivity index (χ0) is 14.3. The maximum absolute atomic E-state index is 13.3. The lowest BCUT2D eigenvalue weighted by molar-refractivity contribution is -0.386. The van der Waals surface area contributed by atoms with E-state index >= 15 is 0 Å². The van der Waals surface area contributed by atoms with Gasteiger partial charge in [-0.15, -0.1) is 0 Å². The molecule has 0 aliphatic heterocycles. The molecule has 0 saturated heterocycles. The zero-order valence-electron chi connectivity index (χ0n) is 10.6. The minimum atomic E-state index is -1.16. The van der Waals surface area contributed by atoms with Gasteiger partial charge >= 0.3 is 5.69 Å². The number of anilines is 1. The monoisotopic (exact) mass is 290 g/mol. The second-order valence-corrected chi connectivity index (χ2v) is 5.01. The number of hydrogen-bond donors (Lipinski definition) is 1. The second-order valence-electron chi connectivity index (χ2n) is 4.02. The van der Waals surface area contributed by atoms with Gasteiger partial charge in [-0.25, -0.2) is 4.39 Å². The molecule has 0 aliphatic carbocycles. The van der Waals surface area contributed by atoms with Crippen molar-refractivity contribution in [2.45, 2.75) is 19.3 Å². The first-order chi connectivity index (χ1) is 9.06. The molecule has 0 spiro atoms. The molecule has 0 atom stereocenters. The minimum Gasteiger partial charge on any atom is -0.379 e. The molecule has 0 unspecified atom stereocenters. The first kappa shape index (κ1) is 15.7. The first-order valence-corrected chi connectivity index (χ1v) is 7.32. The van der Waals surface area contributed by atoms with Crippen LogP contribution < -0.4 is 5.32 Å². The van der Waals surface area contributed by atoms with Crippen LogP contribution in [0.25, 0.3) is 0 Å². The SMILES string of the molecule is CSCCCCCNc1cc(F)cc(F)c1[N+](=O)[O-]. The van der Waals surface area contributed by atoms with Crippen molar-refractivity contribution in [1.82, 2.24) is 0 Å². The summed E-state index contributed by atoms with van der Waals surface area (Å²) in [5, 5.41) is 13.5. The minimum absolute atomic E-state index is 0.104. The third kappa shape index (κ3) is 5.02. The Balaban J connectivity index is 2.59. The van der Waals surface area contributed by atoms with Gasteiger partial charge < -0.3 is 5.32 Å². The van der Waals surface area contributed by atoms with E-state index in [1.54, 1.807) is 11.8 Å². The fourth-order valence-corrected chi connectivity index (χ4v) is 2.15. The molecule has 7 heteroatoms. The van der Waals surface area contributed by atoms with Gasteiger partial charge in [0.2, 0.25) is 5.82 Å². The Labute approximate surface area is 114 Å². The topological polar surface area (TPSA) is 55.2 Å². The molecule has 0 saturated carbocycles. The highest BCUT2D eigenvalue weighted by molar-refractivity contribution is 7.98. The molecular formula is C12H16F2N2O2S. The molecule has 106 valence electrons. The van der Waals surface area contributed by atoms with Crippen LogP contribution in [-0.4, -0.2) is 23.5 Å². The molecule has 4 nitrogen and oxygen atoms in total. The van der Waals surface area contributed by atoms with Gasteiger partial charge in [0, 0.05) is 18.7 Å². The first-order valence-electron chi connectivity index (χ1n) is 5.92. The molecule has 0 radical (unpaired) electrons. The summed E-state index contributed by atoms with van der Waals surface area (Å²) in [4.78, 5) is 9.89. The van der Waals surface area contributed by atoms with E-state index in [1.165, 1.54) is 0 Å². The molecule has 0 fully saturated rings. The quantitative estimate of drug-likeness (QED) is 0.449. The van der Waals surface area contributed by atoms with E-state index in [4.69, 9.17) is 0 Å². The highest BCUT2D eigenvalue weighted by Gasteiger charge is 2.21. The van der Waals surface area contributed by atoms with E-state index in [9.17, 15) is 18.9 Å². The number of nitro benzene ring substituents is 1. The van der Waals surface area contributed by atoms with Gasteiger partial charge in [-0.3, -0.25) is 10.1 Å². The summed E-state index contributed by atoms with van der Waals surface area (Å²) in [6.45, 7) is 0.456. The van der Waals surface area contributed by atoms with E-state index in [-0.39, 0.29) is 5.69 Å². The Morgan fingerprint density at radius 2 is 2.05 bits per heavy atom. The Hall–Kier alpha value is -1.37. The van der Waals surface area contributed by atoms with Crippen LogP contribution in [0.1, 0.15) is 19.3 Å². The van der Waals surface area contributed by atoms with E-state index in [0.717, 1.165) is 31.1 Å². The summed E-state index contributed by atoms with van der Waals surface area (Å²) in [5.74, 6) is -0.919. The number of rotatable bonds is 8. The van der Waals surface area contributed by atoms with Crippen molar-refractivity contribution >= 4 is 23.1 Å². The van der Waals surface area contributed by atoms with Gasteiger partial charge in [0.25, 0.3) is 0 Å². The van der Waals surface area contributed by atoms with Crippen molar-refractivity contribution in [2.24, 2.45) is 0 Å². The zero-order valence-corrected chi connectivity index (χ0v) is 11.4. The third-order valence-electron chi connectivity index (χ3n) is 2.55. The standard InChI is InChI=1S/C12H16F2N2O2S/c1-19-6-4-2-3-5-15-11-8-9(13)7-10(14)12(11)16(17)18/h7-8,15H,2-6H2,1H3. The summed E-state index contributed by atoms with van der Waals surface area (Å²) in [6, 6.07) is 1.46. The van der Waals surface area contributed by atoms with Crippen LogP contribution in [0.5, 0.6) is 0 Å². The van der Waals surface area contributed by atoms with Gasteiger partial charge in [-0.2, -0.15) is 16.2 Å². The van der Waals surface area contributed by atoms with Gasteiger partial charge in [0.05, 0.1) is 4.92 Å². The van der Waals surface area contributed by atoms with Gasteiger partial charge in [-0.1, -0.05) is 6.42 Å². The summed E-state index contributed by atoms with van der Waals surface area (Å²) in [5.41, 5.74) is -0.808. The molecule has 1 aromatic rings. The highest BCUT2D eigenvalue weighted by Crippen LogP contribution is 2.28. The smallest absolute Gasteiger partial charge is 0.327 e. The van der Waals surface area contributed by atoms with Crippen LogP contribution >= 0.6 is 11.8 Å². The maximum atomic E-state index is 13.3. The lowest BCUT2D eigenvalue weighted by atomic mass is 10.2. The van der Waals surface area contributed by atoms with Crippen LogP contribution in [0, 0.1) is 21.7 Å². The van der Waals surface area contributed by atoms with Crippen molar-refractivity contribution in [1.29, 1.82) is 0 Å². The molecule has 0 amide bonds. The predicted octanol–water partition coefficient (Wildman–Crippen LogP) is 3.82. The Kier molecular flexibility index (Phi) is 6.55. The van der Waals surface area contributed by atoms with Crippen molar-refractivity contribution in [3.8, 4) is 0 Å². The molecule has 0 aliphatic rings. The van der Waals surface area contributed by atoms with Gasteiger partial charge in [-0.05, 0) is 24.9 Å². The number of halogens is 2. The number of unbranched alkanes of at least 4 members (excludes halogenated alkanes) is 2. The molecule has 0 heterocycles. The number of thioether (sulfide) groups is 1. The van der Waals surface area contributed by atoms with Crippen LogP contribution in [0.15, 0.2) is 12.1 Å². The molecule has 1 rings (SSSR count). The highest BCUT2D eigenvalue weighted by atomic mass is 32.2. The number of nitro groups is 1. The summed E-state index contributed by atoms with van der Waals surface area (Å²) in [7, 11) is 0. The maximum Gasteiger partial charge on any atom is 0.327 e. The van der Waals surface area contributed by atoms with Gasteiger partial charge in [0.15, 0.2) is 0 Å². The summed E-state index contributed by atoms with van der Waals surface area (Å²) < 4.78 is 26.4. The lowest BCUT2D eigenvalue weighted by Crippen LogP contribution is -2.06. The molecule has 0 aromatic heterocycles. The normalized spacial score (nSPS) is 10.5. The summed E-state index contributed by atoms with van der Waals surface area (Å²) in [6.07, 6.45) is 4.86. The number of nitrogens with zero attached hydrogens (tertiary/aromatic N) is 1. The Morgan fingerprint density at radius 1 is 1.32 bits per heavy atom. The van der Waals surface area contributed by atoms with Crippen LogP contribution in [0.2, 0.25) is 0 Å². The van der Waals surface area contributed by atoms with Crippen molar-refractivity contribution in [3.63, 3.8) is 0 Å². The molecule has 19 heavy (non-hydrogen) atoms. The molecular weight excluding hydrogens is 274 g/mol. The fraction of sp³-hybridized carbons (Fsp3) is 0.500. The van der Waals surface area contributed by atoms with Crippen molar-refractivity contribution < 1.29 is 13.7 Å². The molecule has 1 N–H and O–H groups in total. The van der Waals surface area contributed by atoms with Crippen LogP contribution in [0.3, 0.4) is 0 Å². The number of hydrogen-bond acceptors (Lipinski definition) is 4. The summed E-state index contributed by atoms with van der Waals surface area (Å²) >= 11 is 1.76. The largest absolute Gasteiger partial charge is 0.379 e. The Morgan fingerprint density at radius 3 is 2.68 bits per heavy atom. The van der Waals surface area contributed by atoms with Crippen molar-refractivity contribution in [2.75, 3.05) is 23.9 Å². The number of nitrogens with one attached hydrogen (secondary N) is 1. The van der Waals surface area contributed by atoms with Gasteiger partial charge in [0.1, 0.15) is 11.5 Å². The predicted molar refractivity (Wildman–Crippen MR) is 73.7 cm³/mol. The van der Waals surface area contributed by atoms with E-state index in [0.29, 0.717) is 12.6 Å². The van der Waals surface area contributed by atoms with E-state index < -0.39 is 22.2 Å². The average Bonchev–Trinajstić information content (AvgIpc) is 2.32. The van der Waals surface area contributed by atoms with Crippen LogP contribution in [-0.2, 0) is 0 Å². The molecule has 1 aromatic carbocycles. The second kappa shape index (κ2) is 7.93. The Bertz CT molecular complexity index is 444. The van der Waals surface area contributed by atoms with Crippen LogP contribution in [0.4, 0.5) is 20.2 Å². The van der Waals surface area contributed by atoms with E-state index in [1.807, 2.05) is 6.26 Å². The molecule has 0 bridgehead atoms. The van der Waals surface area contributed by atoms with Crippen molar-refractivity contribution in [3.05, 3.63) is 33.9 Å².